The van der Waals surface area contributed by atoms with E-state index in [-0.39, 0.29) is 11.2 Å². The highest BCUT2D eigenvalue weighted by Gasteiger charge is 2.16. The number of aryl methyl sites for hydroxylation is 1. The summed E-state index contributed by atoms with van der Waals surface area (Å²) in [6.07, 6.45) is 1.58. The van der Waals surface area contributed by atoms with E-state index in [0.717, 1.165) is 11.3 Å². The normalized spacial score (nSPS) is 12.4. The van der Waals surface area contributed by atoms with E-state index in [1.807, 2.05) is 25.1 Å². The van der Waals surface area contributed by atoms with Crippen molar-refractivity contribution in [1.29, 1.82) is 0 Å². The van der Waals surface area contributed by atoms with E-state index in [4.69, 9.17) is 17.3 Å². The van der Waals surface area contributed by atoms with Crippen LogP contribution in [0.5, 0.6) is 0 Å². The molecule has 0 saturated carbocycles. The summed E-state index contributed by atoms with van der Waals surface area (Å²) in [5.74, 6) is -0.388. The second-order valence-electron chi connectivity index (χ2n) is 4.08. The van der Waals surface area contributed by atoms with Gasteiger partial charge in [0.15, 0.2) is 5.16 Å². The Bertz CT molecular complexity index is 614. The second-order valence-corrected chi connectivity index (χ2v) is 5.79. The first-order valence-corrected chi connectivity index (χ1v) is 6.87. The van der Waals surface area contributed by atoms with Gasteiger partial charge in [0.05, 0.1) is 10.9 Å². The number of carbonyl (C=O) groups is 1. The number of carbonyl (C=O) groups excluding carboxylic acids is 1. The quantitative estimate of drug-likeness (QED) is 0.878. The smallest absolute Gasteiger partial charge is 0.230 e. The topological polar surface area (TPSA) is 73.8 Å². The van der Waals surface area contributed by atoms with Crippen molar-refractivity contribution in [1.82, 2.24) is 14.8 Å². The Hall–Kier alpha value is -1.53. The Morgan fingerprint density at radius 3 is 2.89 bits per heavy atom. The summed E-state index contributed by atoms with van der Waals surface area (Å²) >= 11 is 7.37. The average molecular weight is 297 g/mol. The van der Waals surface area contributed by atoms with E-state index in [2.05, 4.69) is 10.2 Å². The monoisotopic (exact) mass is 296 g/mol. The van der Waals surface area contributed by atoms with Gasteiger partial charge >= 0.3 is 0 Å². The summed E-state index contributed by atoms with van der Waals surface area (Å²) in [5, 5.41) is 8.75. The van der Waals surface area contributed by atoms with Crippen LogP contribution in [0.4, 0.5) is 0 Å². The average Bonchev–Trinajstić information content (AvgIpc) is 2.80. The number of primary amides is 1. The van der Waals surface area contributed by atoms with Crippen LogP contribution in [0, 0.1) is 6.92 Å². The molecule has 0 radical (unpaired) electrons. The largest absolute Gasteiger partial charge is 0.369 e. The number of aromatic nitrogens is 3. The maximum absolute atomic E-state index is 11.1. The number of benzene rings is 1. The highest BCUT2D eigenvalue weighted by Crippen LogP contribution is 2.25. The summed E-state index contributed by atoms with van der Waals surface area (Å²) in [7, 11) is 0. The summed E-state index contributed by atoms with van der Waals surface area (Å²) in [6.45, 7) is 3.66. The van der Waals surface area contributed by atoms with Gasteiger partial charge in [0.1, 0.15) is 6.33 Å². The summed E-state index contributed by atoms with van der Waals surface area (Å²) in [6, 6.07) is 5.67. The van der Waals surface area contributed by atoms with Crippen molar-refractivity contribution in [2.24, 2.45) is 5.73 Å². The minimum Gasteiger partial charge on any atom is -0.369 e. The molecule has 1 aromatic carbocycles. The molecule has 1 atom stereocenters. The molecule has 0 fully saturated rings. The molecule has 1 heterocycles. The maximum Gasteiger partial charge on any atom is 0.230 e. The molecule has 0 spiro atoms. The second kappa shape index (κ2) is 5.63. The van der Waals surface area contributed by atoms with E-state index in [9.17, 15) is 4.79 Å². The SMILES string of the molecule is Cc1ccc(-n2cnnc2S[C@H](C)C(N)=O)cc1Cl. The first-order chi connectivity index (χ1) is 8.99. The third-order valence-electron chi connectivity index (χ3n) is 2.63. The lowest BCUT2D eigenvalue weighted by Gasteiger charge is -2.09. The van der Waals surface area contributed by atoms with Crippen LogP contribution in [0.3, 0.4) is 0 Å². The number of nitrogens with zero attached hydrogens (tertiary/aromatic N) is 3. The van der Waals surface area contributed by atoms with Crippen LogP contribution >= 0.6 is 23.4 Å². The van der Waals surface area contributed by atoms with E-state index in [1.165, 1.54) is 11.8 Å². The van der Waals surface area contributed by atoms with Gasteiger partial charge in [0, 0.05) is 5.02 Å². The summed E-state index contributed by atoms with van der Waals surface area (Å²) in [4.78, 5) is 11.1. The van der Waals surface area contributed by atoms with Crippen molar-refractivity contribution in [3.8, 4) is 5.69 Å². The van der Waals surface area contributed by atoms with Gasteiger partial charge in [0.2, 0.25) is 5.91 Å². The van der Waals surface area contributed by atoms with Crippen LogP contribution < -0.4 is 5.73 Å². The lowest BCUT2D eigenvalue weighted by molar-refractivity contribution is -0.117. The van der Waals surface area contributed by atoms with Crippen LogP contribution in [0.2, 0.25) is 5.02 Å². The van der Waals surface area contributed by atoms with Gasteiger partial charge in [-0.1, -0.05) is 29.4 Å². The molecule has 1 amide bonds. The standard InChI is InChI=1S/C12H13ClN4OS/c1-7-3-4-9(5-10(7)13)17-6-15-16-12(17)19-8(2)11(14)18/h3-6,8H,1-2H3,(H2,14,18)/t8-/m1/s1. The van der Waals surface area contributed by atoms with E-state index < -0.39 is 0 Å². The zero-order valence-corrected chi connectivity index (χ0v) is 12.1. The third-order valence-corrected chi connectivity index (χ3v) is 4.12. The van der Waals surface area contributed by atoms with Gasteiger partial charge in [0.25, 0.3) is 0 Å². The van der Waals surface area contributed by atoms with Crippen molar-refractivity contribution in [3.05, 3.63) is 35.1 Å². The molecule has 0 bridgehead atoms. The van der Waals surface area contributed by atoms with Gasteiger partial charge in [-0.05, 0) is 31.5 Å². The predicted octanol–water partition coefficient (Wildman–Crippen LogP) is 2.20. The van der Waals surface area contributed by atoms with Crippen molar-refractivity contribution < 1.29 is 4.79 Å². The molecule has 7 heteroatoms. The van der Waals surface area contributed by atoms with Gasteiger partial charge in [-0.15, -0.1) is 10.2 Å². The van der Waals surface area contributed by atoms with Crippen LogP contribution in [0.15, 0.2) is 29.7 Å². The number of hydrogen-bond acceptors (Lipinski definition) is 4. The van der Waals surface area contributed by atoms with E-state index in [0.29, 0.717) is 10.2 Å². The first kappa shape index (κ1) is 13.9. The molecule has 2 N–H and O–H groups in total. The number of rotatable bonds is 4. The molecule has 2 rings (SSSR count). The third kappa shape index (κ3) is 3.08. The van der Waals surface area contributed by atoms with Crippen molar-refractivity contribution in [2.45, 2.75) is 24.3 Å². The number of thioether (sulfide) groups is 1. The highest BCUT2D eigenvalue weighted by atomic mass is 35.5. The van der Waals surface area contributed by atoms with Crippen molar-refractivity contribution >= 4 is 29.3 Å². The fourth-order valence-corrected chi connectivity index (χ4v) is 2.40. The van der Waals surface area contributed by atoms with Crippen LogP contribution in [-0.4, -0.2) is 25.9 Å². The zero-order valence-electron chi connectivity index (χ0n) is 10.5. The molecule has 1 aromatic heterocycles. The summed E-state index contributed by atoms with van der Waals surface area (Å²) in [5.41, 5.74) is 7.09. The molecule has 0 unspecified atom stereocenters. The van der Waals surface area contributed by atoms with E-state index >= 15 is 0 Å². The fraction of sp³-hybridized carbons (Fsp3) is 0.250. The molecular formula is C12H13ClN4OS. The fourth-order valence-electron chi connectivity index (χ4n) is 1.43. The molecule has 0 saturated heterocycles. The Morgan fingerprint density at radius 1 is 1.53 bits per heavy atom. The predicted molar refractivity (Wildman–Crippen MR) is 75.6 cm³/mol. The molecule has 0 aliphatic rings. The minimum atomic E-state index is -0.388. The van der Waals surface area contributed by atoms with Gasteiger partial charge in [-0.2, -0.15) is 0 Å². The van der Waals surface area contributed by atoms with Gasteiger partial charge in [-0.3, -0.25) is 9.36 Å². The highest BCUT2D eigenvalue weighted by molar-refractivity contribution is 8.00. The minimum absolute atomic E-state index is 0.371. The molecule has 19 heavy (non-hydrogen) atoms. The van der Waals surface area contributed by atoms with Gasteiger partial charge < -0.3 is 5.73 Å². The maximum atomic E-state index is 11.1. The van der Waals surface area contributed by atoms with Crippen LogP contribution in [-0.2, 0) is 4.79 Å². The molecule has 0 aliphatic carbocycles. The zero-order chi connectivity index (χ0) is 14.0. The van der Waals surface area contributed by atoms with Gasteiger partial charge in [-0.25, -0.2) is 0 Å². The van der Waals surface area contributed by atoms with Crippen molar-refractivity contribution in [3.63, 3.8) is 0 Å². The number of nitrogens with two attached hydrogens (primary N) is 1. The number of halogens is 1. The Kier molecular flexibility index (Phi) is 4.11. The lowest BCUT2D eigenvalue weighted by atomic mass is 10.2. The number of hydrogen-bond donors (Lipinski definition) is 1. The molecule has 5 nitrogen and oxygen atoms in total. The lowest BCUT2D eigenvalue weighted by Crippen LogP contribution is -2.22. The van der Waals surface area contributed by atoms with Crippen molar-refractivity contribution in [2.75, 3.05) is 0 Å². The molecule has 100 valence electrons. The molecular weight excluding hydrogens is 284 g/mol. The van der Waals surface area contributed by atoms with Crippen LogP contribution in [0.25, 0.3) is 5.69 Å². The van der Waals surface area contributed by atoms with Crippen LogP contribution in [0.1, 0.15) is 12.5 Å². The molecule has 2 aromatic rings. The van der Waals surface area contributed by atoms with E-state index in [1.54, 1.807) is 17.8 Å². The Labute approximate surface area is 120 Å². The molecule has 0 aliphatic heterocycles. The summed E-state index contributed by atoms with van der Waals surface area (Å²) < 4.78 is 1.77. The number of amides is 1. The first-order valence-electron chi connectivity index (χ1n) is 5.61. The Morgan fingerprint density at radius 2 is 2.26 bits per heavy atom. The Balaban J connectivity index is 2.33.